The summed E-state index contributed by atoms with van der Waals surface area (Å²) in [4.78, 5) is 22.8. The average molecular weight is 254 g/mol. The molecule has 2 fully saturated rings. The zero-order chi connectivity index (χ0) is 13.2. The van der Waals surface area contributed by atoms with E-state index in [1.165, 1.54) is 0 Å². The fourth-order valence-electron chi connectivity index (χ4n) is 2.50. The van der Waals surface area contributed by atoms with Crippen LogP contribution < -0.4 is 10.6 Å². The van der Waals surface area contributed by atoms with Gasteiger partial charge >= 0.3 is 12.0 Å². The number of nitrogens with one attached hydrogen (secondary N) is 2. The van der Waals surface area contributed by atoms with Crippen molar-refractivity contribution in [2.45, 2.75) is 51.5 Å². The van der Waals surface area contributed by atoms with Gasteiger partial charge in [0.15, 0.2) is 0 Å². The van der Waals surface area contributed by atoms with Crippen LogP contribution in [0.3, 0.4) is 0 Å². The molecular formula is C13H22N2O3. The lowest BCUT2D eigenvalue weighted by Crippen LogP contribution is -2.49. The molecule has 2 unspecified atom stereocenters. The first-order chi connectivity index (χ1) is 8.50. The summed E-state index contributed by atoms with van der Waals surface area (Å²) in [5, 5.41) is 14.8. The summed E-state index contributed by atoms with van der Waals surface area (Å²) in [7, 11) is 0. The van der Waals surface area contributed by atoms with Crippen LogP contribution in [-0.2, 0) is 4.79 Å². The number of amides is 2. The first-order valence-corrected chi connectivity index (χ1v) is 6.77. The number of urea groups is 1. The molecule has 0 radical (unpaired) electrons. The van der Waals surface area contributed by atoms with Crippen molar-refractivity contribution in [1.82, 2.24) is 10.6 Å². The molecule has 0 saturated heterocycles. The van der Waals surface area contributed by atoms with Crippen LogP contribution in [0, 0.1) is 11.3 Å². The highest BCUT2D eigenvalue weighted by Crippen LogP contribution is 2.43. The van der Waals surface area contributed by atoms with Crippen LogP contribution in [0.1, 0.15) is 45.4 Å². The molecule has 2 rings (SSSR count). The Morgan fingerprint density at radius 1 is 1.28 bits per heavy atom. The molecule has 102 valence electrons. The minimum atomic E-state index is -0.797. The second kappa shape index (κ2) is 5.16. The summed E-state index contributed by atoms with van der Waals surface area (Å²) in [5.74, 6) is -1.23. The standard InChI is InChI=1S/C13H22N2O3/c1-13(6-7-13)8-14-12(18)15-10-5-3-2-4-9(10)11(16)17/h9-10H,2-8H2,1H3,(H,16,17)(H2,14,15,18). The SMILES string of the molecule is CC1(CNC(=O)NC2CCCCC2C(=O)O)CC1. The van der Waals surface area contributed by atoms with Gasteiger partial charge in [-0.15, -0.1) is 0 Å². The third-order valence-electron chi connectivity index (χ3n) is 4.18. The molecule has 0 spiro atoms. The largest absolute Gasteiger partial charge is 0.481 e. The summed E-state index contributed by atoms with van der Waals surface area (Å²) >= 11 is 0. The van der Waals surface area contributed by atoms with Gasteiger partial charge in [-0.2, -0.15) is 0 Å². The van der Waals surface area contributed by atoms with E-state index in [-0.39, 0.29) is 17.5 Å². The fraction of sp³-hybridized carbons (Fsp3) is 0.846. The average Bonchev–Trinajstić information content (AvgIpc) is 3.06. The van der Waals surface area contributed by atoms with Crippen LogP contribution in [0.15, 0.2) is 0 Å². The van der Waals surface area contributed by atoms with Crippen molar-refractivity contribution in [1.29, 1.82) is 0 Å². The lowest BCUT2D eigenvalue weighted by Gasteiger charge is -2.29. The monoisotopic (exact) mass is 254 g/mol. The number of carbonyl (C=O) groups excluding carboxylic acids is 1. The molecule has 5 heteroatoms. The molecule has 2 saturated carbocycles. The van der Waals surface area contributed by atoms with E-state index in [4.69, 9.17) is 5.11 Å². The number of carboxylic acid groups (broad SMARTS) is 1. The molecule has 0 bridgehead atoms. The number of hydrogen-bond donors (Lipinski definition) is 3. The maximum absolute atomic E-state index is 11.7. The van der Waals surface area contributed by atoms with Crippen molar-refractivity contribution in [2.75, 3.05) is 6.54 Å². The second-order valence-corrected chi connectivity index (χ2v) is 5.97. The zero-order valence-electron chi connectivity index (χ0n) is 10.9. The highest BCUT2D eigenvalue weighted by atomic mass is 16.4. The van der Waals surface area contributed by atoms with E-state index < -0.39 is 11.9 Å². The molecule has 2 aliphatic carbocycles. The number of hydrogen-bond acceptors (Lipinski definition) is 2. The van der Waals surface area contributed by atoms with Crippen molar-refractivity contribution in [3.8, 4) is 0 Å². The second-order valence-electron chi connectivity index (χ2n) is 5.97. The van der Waals surface area contributed by atoms with E-state index >= 15 is 0 Å². The van der Waals surface area contributed by atoms with E-state index in [9.17, 15) is 9.59 Å². The Bertz CT molecular complexity index is 339. The van der Waals surface area contributed by atoms with Gasteiger partial charge in [0, 0.05) is 12.6 Å². The molecule has 2 atom stereocenters. The Kier molecular flexibility index (Phi) is 3.78. The molecule has 0 aromatic carbocycles. The predicted molar refractivity (Wildman–Crippen MR) is 67.3 cm³/mol. The number of carboxylic acids is 1. The van der Waals surface area contributed by atoms with E-state index in [2.05, 4.69) is 17.6 Å². The van der Waals surface area contributed by atoms with Gasteiger partial charge in [-0.1, -0.05) is 19.8 Å². The van der Waals surface area contributed by atoms with Gasteiger partial charge in [0.1, 0.15) is 0 Å². The summed E-state index contributed by atoms with van der Waals surface area (Å²) in [6.07, 6.45) is 5.68. The quantitative estimate of drug-likeness (QED) is 0.715. The summed E-state index contributed by atoms with van der Waals surface area (Å²) in [6, 6.07) is -0.440. The Morgan fingerprint density at radius 3 is 2.56 bits per heavy atom. The molecule has 0 heterocycles. The molecule has 2 amide bonds. The molecule has 0 aromatic heterocycles. The smallest absolute Gasteiger partial charge is 0.315 e. The van der Waals surface area contributed by atoms with Gasteiger partial charge in [-0.25, -0.2) is 4.79 Å². The highest BCUT2D eigenvalue weighted by molar-refractivity contribution is 5.76. The normalized spacial score (nSPS) is 29.4. The molecule has 0 aliphatic heterocycles. The van der Waals surface area contributed by atoms with E-state index in [1.807, 2.05) is 0 Å². The number of carbonyl (C=O) groups is 2. The molecule has 18 heavy (non-hydrogen) atoms. The third kappa shape index (κ3) is 3.37. The van der Waals surface area contributed by atoms with Crippen molar-refractivity contribution in [3.05, 3.63) is 0 Å². The number of aliphatic carboxylic acids is 1. The van der Waals surface area contributed by atoms with Crippen LogP contribution in [0.4, 0.5) is 4.79 Å². The van der Waals surface area contributed by atoms with Crippen LogP contribution >= 0.6 is 0 Å². The lowest BCUT2D eigenvalue weighted by molar-refractivity contribution is -0.143. The molecule has 3 N–H and O–H groups in total. The Labute approximate surface area is 107 Å². The van der Waals surface area contributed by atoms with Gasteiger partial charge in [0.2, 0.25) is 0 Å². The molecule has 0 aromatic rings. The number of rotatable bonds is 4. The first-order valence-electron chi connectivity index (χ1n) is 6.77. The van der Waals surface area contributed by atoms with Crippen molar-refractivity contribution < 1.29 is 14.7 Å². The minimum Gasteiger partial charge on any atom is -0.481 e. The van der Waals surface area contributed by atoms with Gasteiger partial charge < -0.3 is 15.7 Å². The van der Waals surface area contributed by atoms with Gasteiger partial charge in [-0.05, 0) is 31.1 Å². The predicted octanol–water partition coefficient (Wildman–Crippen LogP) is 1.73. The maximum atomic E-state index is 11.7. The van der Waals surface area contributed by atoms with E-state index in [1.54, 1.807) is 0 Å². The Hall–Kier alpha value is -1.26. The van der Waals surface area contributed by atoms with Crippen LogP contribution in [-0.4, -0.2) is 29.7 Å². The van der Waals surface area contributed by atoms with Crippen LogP contribution in [0.5, 0.6) is 0 Å². The van der Waals surface area contributed by atoms with Crippen LogP contribution in [0.25, 0.3) is 0 Å². The lowest BCUT2D eigenvalue weighted by atomic mass is 9.84. The maximum Gasteiger partial charge on any atom is 0.315 e. The van der Waals surface area contributed by atoms with Crippen molar-refractivity contribution in [3.63, 3.8) is 0 Å². The summed E-state index contributed by atoms with van der Waals surface area (Å²) in [5.41, 5.74) is 0.274. The molecule has 2 aliphatic rings. The highest BCUT2D eigenvalue weighted by Gasteiger charge is 2.38. The van der Waals surface area contributed by atoms with Crippen LogP contribution in [0.2, 0.25) is 0 Å². The summed E-state index contributed by atoms with van der Waals surface area (Å²) in [6.45, 7) is 2.83. The molecular weight excluding hydrogens is 232 g/mol. The minimum absolute atomic E-state index is 0.219. The van der Waals surface area contributed by atoms with E-state index in [0.29, 0.717) is 13.0 Å². The third-order valence-corrected chi connectivity index (χ3v) is 4.18. The van der Waals surface area contributed by atoms with E-state index in [0.717, 1.165) is 32.1 Å². The zero-order valence-corrected chi connectivity index (χ0v) is 10.9. The molecule has 5 nitrogen and oxygen atoms in total. The van der Waals surface area contributed by atoms with Crippen molar-refractivity contribution in [2.24, 2.45) is 11.3 Å². The summed E-state index contributed by atoms with van der Waals surface area (Å²) < 4.78 is 0. The fourth-order valence-corrected chi connectivity index (χ4v) is 2.50. The van der Waals surface area contributed by atoms with Gasteiger partial charge in [-0.3, -0.25) is 4.79 Å². The van der Waals surface area contributed by atoms with Gasteiger partial charge in [0.05, 0.1) is 5.92 Å². The Morgan fingerprint density at radius 2 is 1.94 bits per heavy atom. The van der Waals surface area contributed by atoms with Crippen molar-refractivity contribution >= 4 is 12.0 Å². The topological polar surface area (TPSA) is 78.4 Å². The first kappa shape index (κ1) is 13.2. The van der Waals surface area contributed by atoms with Gasteiger partial charge in [0.25, 0.3) is 0 Å². The Balaban J connectivity index is 1.78.